The zero-order chi connectivity index (χ0) is 10.7. The van der Waals surface area contributed by atoms with Crippen molar-refractivity contribution in [3.05, 3.63) is 28.5 Å². The fourth-order valence-corrected chi connectivity index (χ4v) is 2.11. The van der Waals surface area contributed by atoms with E-state index in [2.05, 4.69) is 20.9 Å². The van der Waals surface area contributed by atoms with Crippen LogP contribution in [0.25, 0.3) is 0 Å². The minimum absolute atomic E-state index is 0.261. The molecule has 1 aliphatic rings. The summed E-state index contributed by atoms with van der Waals surface area (Å²) in [5.41, 5.74) is 1.08. The van der Waals surface area contributed by atoms with Gasteiger partial charge in [-0.05, 0) is 18.9 Å². The number of nitrogens with zero attached hydrogens (tertiary/aromatic N) is 2. The van der Waals surface area contributed by atoms with Gasteiger partial charge in [0.2, 0.25) is 5.91 Å². The molecule has 3 nitrogen and oxygen atoms in total. The molecule has 0 bridgehead atoms. The van der Waals surface area contributed by atoms with Crippen LogP contribution in [-0.2, 0) is 11.3 Å². The van der Waals surface area contributed by atoms with Gasteiger partial charge in [-0.3, -0.25) is 9.78 Å². The first-order chi connectivity index (χ1) is 7.27. The molecule has 2 rings (SSSR count). The lowest BCUT2D eigenvalue weighted by Gasteiger charge is -2.26. The summed E-state index contributed by atoms with van der Waals surface area (Å²) in [6.45, 7) is 1.55. The molecule has 4 heteroatoms. The van der Waals surface area contributed by atoms with E-state index in [1.54, 1.807) is 6.20 Å². The number of piperidine rings is 1. The summed E-state index contributed by atoms with van der Waals surface area (Å²) in [4.78, 5) is 17.6. The van der Waals surface area contributed by atoms with Gasteiger partial charge in [0.05, 0.1) is 0 Å². The molecule has 2 heterocycles. The van der Waals surface area contributed by atoms with Crippen LogP contribution in [0.3, 0.4) is 0 Å². The Balaban J connectivity index is 2.08. The second-order valence-corrected chi connectivity index (χ2v) is 4.59. The minimum Gasteiger partial charge on any atom is -0.338 e. The van der Waals surface area contributed by atoms with Gasteiger partial charge in [-0.15, -0.1) is 0 Å². The van der Waals surface area contributed by atoms with Crippen molar-refractivity contribution in [2.45, 2.75) is 25.8 Å². The number of likely N-dealkylation sites (tertiary alicyclic amines) is 1. The van der Waals surface area contributed by atoms with E-state index in [-0.39, 0.29) is 5.91 Å². The van der Waals surface area contributed by atoms with E-state index >= 15 is 0 Å². The molecule has 1 saturated heterocycles. The number of halogens is 1. The largest absolute Gasteiger partial charge is 0.338 e. The summed E-state index contributed by atoms with van der Waals surface area (Å²) in [5.74, 6) is 0.261. The van der Waals surface area contributed by atoms with Crippen molar-refractivity contribution >= 4 is 21.8 Å². The van der Waals surface area contributed by atoms with Crippen molar-refractivity contribution in [2.24, 2.45) is 0 Å². The third-order valence-electron chi connectivity index (χ3n) is 2.63. The fourth-order valence-electron chi connectivity index (χ4n) is 1.76. The first-order valence-corrected chi connectivity index (χ1v) is 5.93. The van der Waals surface area contributed by atoms with Gasteiger partial charge in [-0.1, -0.05) is 15.9 Å². The lowest BCUT2D eigenvalue weighted by atomic mass is 10.1. The average molecular weight is 269 g/mol. The minimum atomic E-state index is 0.261. The lowest BCUT2D eigenvalue weighted by molar-refractivity contribution is -0.133. The Morgan fingerprint density at radius 1 is 1.47 bits per heavy atom. The van der Waals surface area contributed by atoms with E-state index in [0.717, 1.165) is 29.4 Å². The smallest absolute Gasteiger partial charge is 0.222 e. The number of hydrogen-bond donors (Lipinski definition) is 0. The maximum Gasteiger partial charge on any atom is 0.222 e. The highest BCUT2D eigenvalue weighted by atomic mass is 79.9. The Morgan fingerprint density at radius 2 is 2.33 bits per heavy atom. The van der Waals surface area contributed by atoms with Gasteiger partial charge in [0.25, 0.3) is 0 Å². The summed E-state index contributed by atoms with van der Waals surface area (Å²) < 4.78 is 1.02. The molecule has 0 spiro atoms. The van der Waals surface area contributed by atoms with E-state index in [1.165, 1.54) is 0 Å². The van der Waals surface area contributed by atoms with Crippen LogP contribution in [0.5, 0.6) is 0 Å². The monoisotopic (exact) mass is 268 g/mol. The SMILES string of the molecule is O=C1CCCCN1Cc1cnccc1Br. The summed E-state index contributed by atoms with van der Waals surface area (Å²) in [5, 5.41) is 0. The lowest BCUT2D eigenvalue weighted by Crippen LogP contribution is -2.34. The number of rotatable bonds is 2. The molecule has 0 unspecified atom stereocenters. The predicted octanol–water partition coefficient (Wildman–Crippen LogP) is 2.36. The van der Waals surface area contributed by atoms with Crippen LogP contribution in [-0.4, -0.2) is 22.3 Å². The molecule has 0 N–H and O–H groups in total. The molecular weight excluding hydrogens is 256 g/mol. The highest BCUT2D eigenvalue weighted by molar-refractivity contribution is 9.10. The molecule has 1 aliphatic heterocycles. The number of carbonyl (C=O) groups excluding carboxylic acids is 1. The number of aromatic nitrogens is 1. The van der Waals surface area contributed by atoms with Crippen LogP contribution >= 0.6 is 15.9 Å². The molecule has 1 fully saturated rings. The van der Waals surface area contributed by atoms with Crippen LogP contribution < -0.4 is 0 Å². The molecular formula is C11H13BrN2O. The zero-order valence-corrected chi connectivity index (χ0v) is 10.0. The first-order valence-electron chi connectivity index (χ1n) is 5.13. The molecule has 0 aliphatic carbocycles. The molecule has 0 radical (unpaired) electrons. The van der Waals surface area contributed by atoms with Gasteiger partial charge < -0.3 is 4.90 Å². The van der Waals surface area contributed by atoms with Crippen LogP contribution in [0.2, 0.25) is 0 Å². The van der Waals surface area contributed by atoms with Crippen LogP contribution in [0.1, 0.15) is 24.8 Å². The second-order valence-electron chi connectivity index (χ2n) is 3.74. The van der Waals surface area contributed by atoms with E-state index in [4.69, 9.17) is 0 Å². The van der Waals surface area contributed by atoms with Gasteiger partial charge in [0, 0.05) is 41.9 Å². The molecule has 1 aromatic heterocycles. The highest BCUT2D eigenvalue weighted by Crippen LogP contribution is 2.19. The molecule has 0 atom stereocenters. The fraction of sp³-hybridized carbons (Fsp3) is 0.455. The molecule has 80 valence electrons. The van der Waals surface area contributed by atoms with Crippen molar-refractivity contribution in [2.75, 3.05) is 6.54 Å². The number of hydrogen-bond acceptors (Lipinski definition) is 2. The maximum absolute atomic E-state index is 11.6. The summed E-state index contributed by atoms with van der Waals surface area (Å²) in [6, 6.07) is 1.91. The summed E-state index contributed by atoms with van der Waals surface area (Å²) in [6.07, 6.45) is 6.39. The van der Waals surface area contributed by atoms with Crippen molar-refractivity contribution in [3.8, 4) is 0 Å². The molecule has 0 saturated carbocycles. The van der Waals surface area contributed by atoms with Crippen LogP contribution in [0.15, 0.2) is 22.9 Å². The van der Waals surface area contributed by atoms with Crippen molar-refractivity contribution in [1.82, 2.24) is 9.88 Å². The second kappa shape index (κ2) is 4.75. The zero-order valence-electron chi connectivity index (χ0n) is 8.45. The van der Waals surface area contributed by atoms with E-state index in [1.807, 2.05) is 17.2 Å². The van der Waals surface area contributed by atoms with E-state index < -0.39 is 0 Å². The maximum atomic E-state index is 11.6. The quantitative estimate of drug-likeness (QED) is 0.825. The van der Waals surface area contributed by atoms with Crippen molar-refractivity contribution < 1.29 is 4.79 Å². The Bertz CT molecular complexity index is 367. The number of carbonyl (C=O) groups is 1. The van der Waals surface area contributed by atoms with Gasteiger partial charge in [0.1, 0.15) is 0 Å². The topological polar surface area (TPSA) is 33.2 Å². The van der Waals surface area contributed by atoms with Crippen LogP contribution in [0.4, 0.5) is 0 Å². The standard InChI is InChI=1S/C11H13BrN2O/c12-10-4-5-13-7-9(10)8-14-6-2-1-3-11(14)15/h4-5,7H,1-3,6,8H2. The Hall–Kier alpha value is -0.900. The predicted molar refractivity (Wildman–Crippen MR) is 61.2 cm³/mol. The average Bonchev–Trinajstić information content (AvgIpc) is 2.24. The van der Waals surface area contributed by atoms with Crippen LogP contribution in [0, 0.1) is 0 Å². The molecule has 1 amide bonds. The molecule has 0 aromatic carbocycles. The van der Waals surface area contributed by atoms with Gasteiger partial charge in [0.15, 0.2) is 0 Å². The summed E-state index contributed by atoms with van der Waals surface area (Å²) >= 11 is 3.47. The number of amides is 1. The van der Waals surface area contributed by atoms with Gasteiger partial charge >= 0.3 is 0 Å². The third kappa shape index (κ3) is 2.56. The molecule has 15 heavy (non-hydrogen) atoms. The Labute approximate surface area is 97.6 Å². The van der Waals surface area contributed by atoms with Crippen molar-refractivity contribution in [1.29, 1.82) is 0 Å². The normalized spacial score (nSPS) is 16.9. The van der Waals surface area contributed by atoms with Gasteiger partial charge in [-0.25, -0.2) is 0 Å². The van der Waals surface area contributed by atoms with Crippen molar-refractivity contribution in [3.63, 3.8) is 0 Å². The molecule has 1 aromatic rings. The Kier molecular flexibility index (Phi) is 3.36. The third-order valence-corrected chi connectivity index (χ3v) is 3.40. The first kappa shape index (κ1) is 10.6. The summed E-state index contributed by atoms with van der Waals surface area (Å²) in [7, 11) is 0. The van der Waals surface area contributed by atoms with E-state index in [0.29, 0.717) is 13.0 Å². The number of pyridine rings is 1. The van der Waals surface area contributed by atoms with E-state index in [9.17, 15) is 4.79 Å². The Morgan fingerprint density at radius 3 is 3.07 bits per heavy atom. The highest BCUT2D eigenvalue weighted by Gasteiger charge is 2.18. The van der Waals surface area contributed by atoms with Gasteiger partial charge in [-0.2, -0.15) is 0 Å².